The molecule has 3 nitrogen and oxygen atoms in total. The number of aliphatic hydroxyl groups excluding tert-OH is 1. The number of rotatable bonds is 3. The van der Waals surface area contributed by atoms with Gasteiger partial charge in [0.1, 0.15) is 0 Å². The van der Waals surface area contributed by atoms with Crippen molar-refractivity contribution < 1.29 is 5.11 Å². The Morgan fingerprint density at radius 2 is 1.74 bits per heavy atom. The fourth-order valence-corrected chi connectivity index (χ4v) is 3.59. The van der Waals surface area contributed by atoms with Crippen molar-refractivity contribution in [3.05, 3.63) is 41.6 Å². The standard InChI is InChI=1S/C20H28N2O/c1-20(2,3)22-19(13-18(14-23)21-22)17-11-9-16(10-12-17)15-7-5-4-6-8-15/h9-13,15,23H,4-8,14H2,1-3H3. The van der Waals surface area contributed by atoms with Crippen LogP contribution < -0.4 is 0 Å². The summed E-state index contributed by atoms with van der Waals surface area (Å²) in [5.74, 6) is 0.735. The molecular weight excluding hydrogens is 284 g/mol. The van der Waals surface area contributed by atoms with Crippen molar-refractivity contribution in [1.29, 1.82) is 0 Å². The van der Waals surface area contributed by atoms with Gasteiger partial charge in [-0.1, -0.05) is 43.5 Å². The number of aromatic nitrogens is 2. The van der Waals surface area contributed by atoms with Crippen LogP contribution in [-0.2, 0) is 12.1 Å². The molecule has 0 atom stereocenters. The molecule has 1 aromatic carbocycles. The molecule has 3 rings (SSSR count). The van der Waals surface area contributed by atoms with E-state index in [1.54, 1.807) is 0 Å². The molecule has 3 heteroatoms. The highest BCUT2D eigenvalue weighted by Crippen LogP contribution is 2.34. The van der Waals surface area contributed by atoms with Crippen LogP contribution in [0.15, 0.2) is 30.3 Å². The number of aliphatic hydroxyl groups is 1. The van der Waals surface area contributed by atoms with Crippen molar-refractivity contribution in [2.45, 2.75) is 70.9 Å². The maximum Gasteiger partial charge on any atom is 0.0885 e. The molecule has 0 bridgehead atoms. The van der Waals surface area contributed by atoms with Gasteiger partial charge in [0.25, 0.3) is 0 Å². The van der Waals surface area contributed by atoms with E-state index in [2.05, 4.69) is 50.1 Å². The third-order valence-electron chi connectivity index (χ3n) is 4.84. The minimum atomic E-state index is -0.106. The summed E-state index contributed by atoms with van der Waals surface area (Å²) in [6.07, 6.45) is 6.78. The number of hydrogen-bond acceptors (Lipinski definition) is 2. The molecule has 0 amide bonds. The van der Waals surface area contributed by atoms with E-state index < -0.39 is 0 Å². The molecule has 0 aliphatic heterocycles. The van der Waals surface area contributed by atoms with Gasteiger partial charge in [-0.3, -0.25) is 4.68 Å². The Morgan fingerprint density at radius 3 is 2.30 bits per heavy atom. The van der Waals surface area contributed by atoms with Crippen LogP contribution in [0.3, 0.4) is 0 Å². The summed E-state index contributed by atoms with van der Waals surface area (Å²) < 4.78 is 2.02. The van der Waals surface area contributed by atoms with Gasteiger partial charge in [-0.15, -0.1) is 0 Å². The molecule has 0 saturated heterocycles. The second-order valence-corrected chi connectivity index (χ2v) is 7.72. The van der Waals surface area contributed by atoms with Gasteiger partial charge in [0.05, 0.1) is 23.5 Å². The van der Waals surface area contributed by atoms with E-state index >= 15 is 0 Å². The zero-order valence-electron chi connectivity index (χ0n) is 14.5. The lowest BCUT2D eigenvalue weighted by molar-refractivity contribution is 0.270. The van der Waals surface area contributed by atoms with Gasteiger partial charge in [-0.05, 0) is 56.7 Å². The first-order chi connectivity index (χ1) is 11.0. The molecule has 1 aliphatic rings. The zero-order chi connectivity index (χ0) is 16.4. The minimum absolute atomic E-state index is 0.0176. The highest BCUT2D eigenvalue weighted by atomic mass is 16.3. The van der Waals surface area contributed by atoms with Crippen LogP contribution in [0.4, 0.5) is 0 Å². The van der Waals surface area contributed by atoms with E-state index in [0.29, 0.717) is 0 Å². The first kappa shape index (κ1) is 16.3. The summed E-state index contributed by atoms with van der Waals surface area (Å²) >= 11 is 0. The third-order valence-corrected chi connectivity index (χ3v) is 4.84. The smallest absolute Gasteiger partial charge is 0.0885 e. The molecule has 0 unspecified atom stereocenters. The maximum atomic E-state index is 9.43. The normalized spacial score (nSPS) is 16.7. The SMILES string of the molecule is CC(C)(C)n1nc(CO)cc1-c1ccc(C2CCCCC2)cc1. The summed E-state index contributed by atoms with van der Waals surface area (Å²) in [7, 11) is 0. The van der Waals surface area contributed by atoms with Crippen molar-refractivity contribution in [3.8, 4) is 11.3 Å². The zero-order valence-corrected chi connectivity index (χ0v) is 14.5. The Balaban J connectivity index is 1.91. The molecule has 1 aromatic heterocycles. The predicted octanol–water partition coefficient (Wildman–Crippen LogP) is 4.85. The van der Waals surface area contributed by atoms with Gasteiger partial charge in [0.2, 0.25) is 0 Å². The molecule has 124 valence electrons. The Labute approximate surface area is 139 Å². The lowest BCUT2D eigenvalue weighted by atomic mass is 9.84. The Hall–Kier alpha value is -1.61. The Bertz CT molecular complexity index is 643. The van der Waals surface area contributed by atoms with Crippen molar-refractivity contribution in [2.24, 2.45) is 0 Å². The average Bonchev–Trinajstić information content (AvgIpc) is 3.01. The molecule has 2 aromatic rings. The average molecular weight is 312 g/mol. The highest BCUT2D eigenvalue weighted by Gasteiger charge is 2.21. The van der Waals surface area contributed by atoms with E-state index in [-0.39, 0.29) is 12.1 Å². The number of benzene rings is 1. The molecule has 1 heterocycles. The van der Waals surface area contributed by atoms with Crippen LogP contribution in [0.2, 0.25) is 0 Å². The first-order valence-corrected chi connectivity index (χ1v) is 8.79. The number of hydrogen-bond donors (Lipinski definition) is 1. The fraction of sp³-hybridized carbons (Fsp3) is 0.550. The van der Waals surface area contributed by atoms with Crippen molar-refractivity contribution in [3.63, 3.8) is 0 Å². The Morgan fingerprint density at radius 1 is 1.09 bits per heavy atom. The predicted molar refractivity (Wildman–Crippen MR) is 94.4 cm³/mol. The van der Waals surface area contributed by atoms with Crippen LogP contribution in [0.25, 0.3) is 11.3 Å². The van der Waals surface area contributed by atoms with Crippen molar-refractivity contribution in [2.75, 3.05) is 0 Å². The van der Waals surface area contributed by atoms with Gasteiger partial charge in [0, 0.05) is 0 Å². The maximum absolute atomic E-state index is 9.43. The van der Waals surface area contributed by atoms with E-state index in [1.807, 2.05) is 10.7 Å². The first-order valence-electron chi connectivity index (χ1n) is 8.79. The molecular formula is C20H28N2O. The molecule has 1 fully saturated rings. The van der Waals surface area contributed by atoms with Crippen LogP contribution in [-0.4, -0.2) is 14.9 Å². The lowest BCUT2D eigenvalue weighted by Gasteiger charge is -2.24. The second kappa shape index (κ2) is 6.48. The van der Waals surface area contributed by atoms with E-state index in [9.17, 15) is 5.11 Å². The van der Waals surface area contributed by atoms with Crippen molar-refractivity contribution in [1.82, 2.24) is 9.78 Å². The fourth-order valence-electron chi connectivity index (χ4n) is 3.59. The summed E-state index contributed by atoms with van der Waals surface area (Å²) in [6, 6.07) is 11.0. The molecule has 0 radical (unpaired) electrons. The topological polar surface area (TPSA) is 38.0 Å². The quantitative estimate of drug-likeness (QED) is 0.880. The number of nitrogens with zero attached hydrogens (tertiary/aromatic N) is 2. The Kier molecular flexibility index (Phi) is 4.58. The summed E-state index contributed by atoms with van der Waals surface area (Å²) in [5.41, 5.74) is 4.34. The second-order valence-electron chi connectivity index (χ2n) is 7.72. The van der Waals surface area contributed by atoms with Gasteiger partial charge in [-0.25, -0.2) is 0 Å². The summed E-state index contributed by atoms with van der Waals surface area (Å²) in [6.45, 7) is 6.40. The van der Waals surface area contributed by atoms with Crippen LogP contribution in [0.1, 0.15) is 70.1 Å². The van der Waals surface area contributed by atoms with Gasteiger partial charge in [-0.2, -0.15) is 5.10 Å². The lowest BCUT2D eigenvalue weighted by Crippen LogP contribution is -2.24. The van der Waals surface area contributed by atoms with Crippen LogP contribution in [0, 0.1) is 0 Å². The van der Waals surface area contributed by atoms with Gasteiger partial charge in [0.15, 0.2) is 0 Å². The minimum Gasteiger partial charge on any atom is -0.390 e. The molecule has 1 aliphatic carbocycles. The molecule has 1 N–H and O–H groups in total. The molecule has 0 spiro atoms. The van der Waals surface area contributed by atoms with Gasteiger partial charge < -0.3 is 5.11 Å². The van der Waals surface area contributed by atoms with E-state index in [4.69, 9.17) is 0 Å². The van der Waals surface area contributed by atoms with Gasteiger partial charge >= 0.3 is 0 Å². The third kappa shape index (κ3) is 3.50. The van der Waals surface area contributed by atoms with Crippen LogP contribution in [0.5, 0.6) is 0 Å². The molecule has 1 saturated carbocycles. The molecule has 23 heavy (non-hydrogen) atoms. The van der Waals surface area contributed by atoms with Crippen molar-refractivity contribution >= 4 is 0 Å². The van der Waals surface area contributed by atoms with E-state index in [1.165, 1.54) is 43.2 Å². The van der Waals surface area contributed by atoms with E-state index in [0.717, 1.165) is 17.3 Å². The summed E-state index contributed by atoms with van der Waals surface area (Å²) in [4.78, 5) is 0. The monoisotopic (exact) mass is 312 g/mol. The largest absolute Gasteiger partial charge is 0.390 e. The highest BCUT2D eigenvalue weighted by molar-refractivity contribution is 5.61. The van der Waals surface area contributed by atoms with Crippen LogP contribution >= 0.6 is 0 Å². The summed E-state index contributed by atoms with van der Waals surface area (Å²) in [5, 5.41) is 14.0.